The van der Waals surface area contributed by atoms with Gasteiger partial charge in [-0.3, -0.25) is 4.99 Å². The van der Waals surface area contributed by atoms with Gasteiger partial charge in [0.2, 0.25) is 0 Å². The minimum absolute atomic E-state index is 0.256. The van der Waals surface area contributed by atoms with E-state index in [2.05, 4.69) is 26.3 Å². The summed E-state index contributed by atoms with van der Waals surface area (Å²) >= 11 is 1.77. The molecule has 95 valence electrons. The van der Waals surface area contributed by atoms with Crippen LogP contribution in [0.25, 0.3) is 0 Å². The first kappa shape index (κ1) is 12.1. The molecule has 2 heteroatoms. The number of hydrogen-bond donors (Lipinski definition) is 0. The molecule has 17 heavy (non-hydrogen) atoms. The van der Waals surface area contributed by atoms with Gasteiger partial charge in [-0.05, 0) is 56.3 Å². The number of rotatable bonds is 2. The van der Waals surface area contributed by atoms with Gasteiger partial charge in [-0.25, -0.2) is 0 Å². The Hall–Kier alpha value is 0.0200. The highest BCUT2D eigenvalue weighted by Gasteiger charge is 2.50. The molecule has 0 spiro atoms. The van der Waals surface area contributed by atoms with E-state index < -0.39 is 0 Å². The van der Waals surface area contributed by atoms with Crippen molar-refractivity contribution in [1.29, 1.82) is 0 Å². The third-order valence-electron chi connectivity index (χ3n) is 4.64. The quantitative estimate of drug-likeness (QED) is 0.523. The minimum Gasteiger partial charge on any atom is -0.269 e. The van der Waals surface area contributed by atoms with Crippen LogP contribution in [0.3, 0.4) is 0 Å². The summed E-state index contributed by atoms with van der Waals surface area (Å²) in [6, 6.07) is 0. The minimum atomic E-state index is 0.256. The highest BCUT2D eigenvalue weighted by molar-refractivity contribution is 8.13. The third-order valence-corrected chi connectivity index (χ3v) is 5.44. The van der Waals surface area contributed by atoms with Crippen LogP contribution in [0.15, 0.2) is 4.99 Å². The lowest BCUT2D eigenvalue weighted by molar-refractivity contribution is 0.00205. The number of aliphatic imine (C=N–C) groups is 1. The molecule has 0 aromatic rings. The lowest BCUT2D eigenvalue weighted by Gasteiger charge is -2.54. The first-order chi connectivity index (χ1) is 7.94. The summed E-state index contributed by atoms with van der Waals surface area (Å²) in [6.07, 6.45) is 8.58. The maximum Gasteiger partial charge on any atom is 0.123 e. The summed E-state index contributed by atoms with van der Waals surface area (Å²) in [5.74, 6) is 2.98. The van der Waals surface area contributed by atoms with Gasteiger partial charge in [0.15, 0.2) is 0 Å². The van der Waals surface area contributed by atoms with E-state index >= 15 is 0 Å². The molecule has 0 aromatic carbocycles. The molecule has 1 radical (unpaired) electrons. The van der Waals surface area contributed by atoms with Crippen molar-refractivity contribution in [2.45, 2.75) is 69.6 Å². The normalized spacial score (nSPS) is 44.8. The van der Waals surface area contributed by atoms with Crippen molar-refractivity contribution in [3.63, 3.8) is 0 Å². The van der Waals surface area contributed by atoms with E-state index in [0.29, 0.717) is 5.54 Å². The van der Waals surface area contributed by atoms with Gasteiger partial charge in [-0.2, -0.15) is 0 Å². The van der Waals surface area contributed by atoms with Crippen LogP contribution >= 0.6 is 11.8 Å². The van der Waals surface area contributed by atoms with Gasteiger partial charge in [-0.1, -0.05) is 32.5 Å². The Kier molecular flexibility index (Phi) is 2.85. The highest BCUT2D eigenvalue weighted by Crippen LogP contribution is 2.57. The van der Waals surface area contributed by atoms with Gasteiger partial charge in [0.05, 0.1) is 5.54 Å². The molecule has 0 atom stereocenters. The maximum absolute atomic E-state index is 4.91. The van der Waals surface area contributed by atoms with Crippen LogP contribution in [0.2, 0.25) is 0 Å². The summed E-state index contributed by atoms with van der Waals surface area (Å²) in [6.45, 7) is 6.71. The molecule has 0 amide bonds. The van der Waals surface area contributed by atoms with Crippen molar-refractivity contribution in [2.75, 3.05) is 0 Å². The van der Waals surface area contributed by atoms with E-state index in [0.717, 1.165) is 17.8 Å². The molecular formula is C15H24NS. The molecule has 4 aliphatic carbocycles. The first-order valence-electron chi connectivity index (χ1n) is 7.09. The molecule has 0 unspecified atom stereocenters. The maximum atomic E-state index is 4.91. The second-order valence-electron chi connectivity index (χ2n) is 7.56. The molecule has 4 fully saturated rings. The molecule has 0 saturated heterocycles. The van der Waals surface area contributed by atoms with Crippen molar-refractivity contribution in [1.82, 2.24) is 0 Å². The Morgan fingerprint density at radius 3 is 1.88 bits per heavy atom. The molecule has 0 N–H and O–H groups in total. The highest BCUT2D eigenvalue weighted by atomic mass is 32.2. The number of hydrogen-bond acceptors (Lipinski definition) is 2. The van der Waals surface area contributed by atoms with Gasteiger partial charge < -0.3 is 0 Å². The van der Waals surface area contributed by atoms with E-state index in [4.69, 9.17) is 4.99 Å². The van der Waals surface area contributed by atoms with Gasteiger partial charge in [0.25, 0.3) is 0 Å². The molecule has 4 rings (SSSR count). The Bertz CT molecular complexity index is 291. The van der Waals surface area contributed by atoms with Gasteiger partial charge in [-0.15, -0.1) is 0 Å². The van der Waals surface area contributed by atoms with Gasteiger partial charge in [0, 0.05) is 4.75 Å². The fourth-order valence-electron chi connectivity index (χ4n) is 4.46. The molecule has 4 bridgehead atoms. The van der Waals surface area contributed by atoms with Crippen LogP contribution in [0.5, 0.6) is 0 Å². The zero-order chi connectivity index (χ0) is 12.1. The largest absolute Gasteiger partial charge is 0.269 e. The average molecular weight is 250 g/mol. The molecule has 1 nitrogen and oxygen atoms in total. The second kappa shape index (κ2) is 4.01. The Labute approximate surface area is 110 Å². The Balaban J connectivity index is 1.70. The monoisotopic (exact) mass is 250 g/mol. The summed E-state index contributed by atoms with van der Waals surface area (Å²) in [7, 11) is 0. The number of nitrogens with zero attached hydrogens (tertiary/aromatic N) is 1. The second-order valence-corrected chi connectivity index (χ2v) is 9.17. The Morgan fingerprint density at radius 1 is 1.00 bits per heavy atom. The van der Waals surface area contributed by atoms with E-state index in [-0.39, 0.29) is 4.75 Å². The average Bonchev–Trinajstić information content (AvgIpc) is 2.11. The predicted molar refractivity (Wildman–Crippen MR) is 75.7 cm³/mol. The summed E-state index contributed by atoms with van der Waals surface area (Å²) in [4.78, 5) is 4.91. The summed E-state index contributed by atoms with van der Waals surface area (Å²) in [5.41, 5.74) is 3.64. The molecule has 0 aliphatic heterocycles. The van der Waals surface area contributed by atoms with Crippen molar-refractivity contribution in [3.05, 3.63) is 0 Å². The SMILES string of the molecule is CC(C)(C)S[C]=NC12CC3CC(CC(C3)C1)C2. The smallest absolute Gasteiger partial charge is 0.123 e. The predicted octanol–water partition coefficient (Wildman–Crippen LogP) is 4.39. The van der Waals surface area contributed by atoms with Gasteiger partial charge in [0.1, 0.15) is 5.55 Å². The van der Waals surface area contributed by atoms with Crippen molar-refractivity contribution in [2.24, 2.45) is 22.7 Å². The van der Waals surface area contributed by atoms with Crippen molar-refractivity contribution < 1.29 is 0 Å². The third kappa shape index (κ3) is 2.57. The fourth-order valence-corrected chi connectivity index (χ4v) is 4.97. The topological polar surface area (TPSA) is 12.4 Å². The summed E-state index contributed by atoms with van der Waals surface area (Å²) in [5, 5.41) is 0. The lowest BCUT2D eigenvalue weighted by Crippen LogP contribution is -2.49. The molecule has 4 aliphatic rings. The van der Waals surface area contributed by atoms with Crippen LogP contribution in [-0.4, -0.2) is 15.8 Å². The van der Waals surface area contributed by atoms with E-state index in [1.807, 2.05) is 0 Å². The zero-order valence-corrected chi connectivity index (χ0v) is 12.1. The van der Waals surface area contributed by atoms with E-state index in [9.17, 15) is 0 Å². The number of thioether (sulfide) groups is 1. The van der Waals surface area contributed by atoms with Crippen molar-refractivity contribution >= 4 is 17.3 Å². The molecule has 0 aromatic heterocycles. The zero-order valence-electron chi connectivity index (χ0n) is 11.3. The van der Waals surface area contributed by atoms with Gasteiger partial charge >= 0.3 is 0 Å². The molecule has 4 saturated carbocycles. The van der Waals surface area contributed by atoms with Crippen LogP contribution in [0, 0.1) is 17.8 Å². The Morgan fingerprint density at radius 2 is 1.47 bits per heavy atom. The molecule has 0 heterocycles. The standard InChI is InChI=1S/C15H24NS/c1-14(2,3)17-10-16-15-7-11-4-12(8-15)6-13(5-11)9-15/h11-13H,4-9H2,1-3H3. The van der Waals surface area contributed by atoms with Crippen molar-refractivity contribution in [3.8, 4) is 0 Å². The lowest BCUT2D eigenvalue weighted by atomic mass is 9.53. The first-order valence-corrected chi connectivity index (χ1v) is 7.91. The van der Waals surface area contributed by atoms with Crippen LogP contribution in [0.4, 0.5) is 0 Å². The van der Waals surface area contributed by atoms with E-state index in [1.54, 1.807) is 11.8 Å². The van der Waals surface area contributed by atoms with Crippen LogP contribution in [0.1, 0.15) is 59.3 Å². The van der Waals surface area contributed by atoms with E-state index in [1.165, 1.54) is 38.5 Å². The van der Waals surface area contributed by atoms with Crippen LogP contribution < -0.4 is 0 Å². The fraction of sp³-hybridized carbons (Fsp3) is 0.933. The summed E-state index contributed by atoms with van der Waals surface area (Å²) < 4.78 is 0.256. The molecular weight excluding hydrogens is 226 g/mol. The van der Waals surface area contributed by atoms with Crippen LogP contribution in [-0.2, 0) is 0 Å².